The van der Waals surface area contributed by atoms with Gasteiger partial charge < -0.3 is 29.2 Å². The minimum absolute atomic E-state index is 0.00240. The van der Waals surface area contributed by atoms with Gasteiger partial charge in [0, 0.05) is 34.7 Å². The molecule has 0 fully saturated rings. The maximum Gasteiger partial charge on any atom is 0.251 e. The Morgan fingerprint density at radius 3 is 2.34 bits per heavy atom. The molecule has 0 saturated heterocycles. The molecular weight excluding hydrogens is 604 g/mol. The van der Waals surface area contributed by atoms with Gasteiger partial charge in [0.2, 0.25) is 12.7 Å². The number of fused-ring (bicyclic) bond motifs is 1. The number of benzene rings is 3. The molecule has 3 aromatic carbocycles. The molecule has 1 aromatic heterocycles. The number of hydrogen-bond acceptors (Lipinski definition) is 9. The molecule has 1 unspecified atom stereocenters. The van der Waals surface area contributed by atoms with Crippen molar-refractivity contribution in [2.24, 2.45) is 0 Å². The number of rotatable bonds is 11. The summed E-state index contributed by atoms with van der Waals surface area (Å²) in [7, 11) is 3.05. The van der Waals surface area contributed by atoms with Crippen LogP contribution in [0.4, 0.5) is 5.69 Å². The van der Waals surface area contributed by atoms with E-state index >= 15 is 0 Å². The highest BCUT2D eigenvalue weighted by atomic mass is 35.5. The molecule has 2 heterocycles. The Labute approximate surface area is 264 Å². The largest absolute Gasteiger partial charge is 0.493 e. The zero-order valence-electron chi connectivity index (χ0n) is 24.6. The van der Waals surface area contributed by atoms with Crippen molar-refractivity contribution in [3.63, 3.8) is 0 Å². The van der Waals surface area contributed by atoms with Crippen molar-refractivity contribution in [3.8, 4) is 23.0 Å². The first-order valence-corrected chi connectivity index (χ1v) is 15.0. The lowest BCUT2D eigenvalue weighted by Gasteiger charge is -2.32. The van der Waals surface area contributed by atoms with Crippen LogP contribution >= 0.6 is 23.4 Å². The molecule has 0 aliphatic carbocycles. The van der Waals surface area contributed by atoms with Crippen molar-refractivity contribution < 1.29 is 28.5 Å². The first-order chi connectivity index (χ1) is 21.2. The van der Waals surface area contributed by atoms with Crippen LogP contribution in [0.15, 0.2) is 71.9 Å². The van der Waals surface area contributed by atoms with Gasteiger partial charge in [-0.3, -0.25) is 9.59 Å². The van der Waals surface area contributed by atoms with Crippen molar-refractivity contribution in [2.75, 3.05) is 32.1 Å². The number of aromatic nitrogens is 2. The van der Waals surface area contributed by atoms with E-state index in [0.717, 1.165) is 17.0 Å². The number of nitrogens with zero attached hydrogens (tertiary/aromatic N) is 3. The molecule has 1 N–H and O–H groups in total. The molecule has 44 heavy (non-hydrogen) atoms. The Morgan fingerprint density at radius 2 is 1.64 bits per heavy atom. The van der Waals surface area contributed by atoms with Crippen LogP contribution in [0.1, 0.15) is 28.6 Å². The molecule has 4 aromatic rings. The first-order valence-electron chi connectivity index (χ1n) is 13.7. The van der Waals surface area contributed by atoms with E-state index in [-0.39, 0.29) is 25.0 Å². The lowest BCUT2D eigenvalue weighted by atomic mass is 10.0. The fraction of sp³-hybridized carbons (Fsp3) is 0.250. The Balaban J connectivity index is 1.53. The Morgan fingerprint density at radius 1 is 0.932 bits per heavy atom. The summed E-state index contributed by atoms with van der Waals surface area (Å²) in [5.41, 5.74) is 3.41. The summed E-state index contributed by atoms with van der Waals surface area (Å²) in [6.07, 6.45) is 0. The Bertz CT molecular complexity index is 1650. The minimum atomic E-state index is -1.07. The van der Waals surface area contributed by atoms with Crippen molar-refractivity contribution in [2.45, 2.75) is 31.6 Å². The highest BCUT2D eigenvalue weighted by molar-refractivity contribution is 7.99. The number of carbonyl (C=O) groups excluding carboxylic acids is 2. The highest BCUT2D eigenvalue weighted by Crippen LogP contribution is 2.37. The van der Waals surface area contributed by atoms with Gasteiger partial charge in [-0.2, -0.15) is 0 Å². The number of carbonyl (C=O) groups is 2. The highest BCUT2D eigenvalue weighted by Gasteiger charge is 2.33. The number of anilines is 1. The summed E-state index contributed by atoms with van der Waals surface area (Å²) >= 11 is 7.36. The van der Waals surface area contributed by atoms with Gasteiger partial charge in [0.05, 0.1) is 20.0 Å². The summed E-state index contributed by atoms with van der Waals surface area (Å²) in [5, 5.41) is 4.00. The Hall–Kier alpha value is -4.48. The summed E-state index contributed by atoms with van der Waals surface area (Å²) in [6.45, 7) is 3.98. The lowest BCUT2D eigenvalue weighted by Crippen LogP contribution is -2.41. The van der Waals surface area contributed by atoms with Crippen LogP contribution in [0.5, 0.6) is 23.0 Å². The molecule has 1 aliphatic rings. The third-order valence-corrected chi connectivity index (χ3v) is 7.88. The SMILES string of the molecule is COc1ccc(C(C(=O)Nc2ccc3c(c2)OCO3)N(Cc2ccc(Cl)cc2)C(=O)CSc2nc(C)cc(C)n2)cc1OC. The van der Waals surface area contributed by atoms with E-state index in [1.54, 1.807) is 48.5 Å². The van der Waals surface area contributed by atoms with Crippen molar-refractivity contribution in [3.05, 3.63) is 94.3 Å². The van der Waals surface area contributed by atoms with Gasteiger partial charge in [-0.25, -0.2) is 9.97 Å². The van der Waals surface area contributed by atoms with Gasteiger partial charge in [0.1, 0.15) is 6.04 Å². The zero-order valence-corrected chi connectivity index (χ0v) is 26.2. The van der Waals surface area contributed by atoms with E-state index in [0.29, 0.717) is 44.4 Å². The predicted molar refractivity (Wildman–Crippen MR) is 168 cm³/mol. The number of aryl methyl sites for hydroxylation is 2. The van der Waals surface area contributed by atoms with Gasteiger partial charge in [0.15, 0.2) is 28.2 Å². The molecule has 1 atom stereocenters. The second kappa shape index (κ2) is 13.9. The molecule has 1 aliphatic heterocycles. The van der Waals surface area contributed by atoms with Gasteiger partial charge >= 0.3 is 0 Å². The van der Waals surface area contributed by atoms with E-state index < -0.39 is 11.9 Å². The normalized spacial score (nSPS) is 12.4. The van der Waals surface area contributed by atoms with Gasteiger partial charge in [0.25, 0.3) is 5.91 Å². The smallest absolute Gasteiger partial charge is 0.251 e. The number of nitrogens with one attached hydrogen (secondary N) is 1. The van der Waals surface area contributed by atoms with Crippen molar-refractivity contribution in [1.82, 2.24) is 14.9 Å². The van der Waals surface area contributed by atoms with Crippen molar-refractivity contribution >= 4 is 40.9 Å². The van der Waals surface area contributed by atoms with E-state index in [9.17, 15) is 9.59 Å². The average molecular weight is 635 g/mol. The Kier molecular flexibility index (Phi) is 9.76. The standard InChI is InChI=1S/C32H31ClN4O6S/c1-19-13-20(2)35-32(34-19)44-17-29(38)37(16-21-5-8-23(33)9-6-21)30(22-7-11-25(40-3)27(14-22)41-4)31(39)36-24-10-12-26-28(15-24)43-18-42-26/h5-15,30H,16-18H2,1-4H3,(H,36,39). The second-order valence-electron chi connectivity index (χ2n) is 9.94. The molecule has 228 valence electrons. The average Bonchev–Trinajstić information content (AvgIpc) is 3.48. The first kappa shape index (κ1) is 31.0. The fourth-order valence-corrected chi connectivity index (χ4v) is 5.72. The number of thioether (sulfide) groups is 1. The summed E-state index contributed by atoms with van der Waals surface area (Å²) in [5.74, 6) is 1.28. The van der Waals surface area contributed by atoms with Crippen LogP contribution in [-0.4, -0.2) is 53.4 Å². The third kappa shape index (κ3) is 7.35. The van der Waals surface area contributed by atoms with E-state index in [1.165, 1.54) is 30.9 Å². The number of ether oxygens (including phenoxy) is 4. The van der Waals surface area contributed by atoms with E-state index in [4.69, 9.17) is 30.5 Å². The molecule has 0 spiro atoms. The van der Waals surface area contributed by atoms with Crippen LogP contribution in [0, 0.1) is 13.8 Å². The predicted octanol–water partition coefficient (Wildman–Crippen LogP) is 5.99. The van der Waals surface area contributed by atoms with Gasteiger partial charge in [-0.05, 0) is 67.4 Å². The second-order valence-corrected chi connectivity index (χ2v) is 11.3. The molecule has 12 heteroatoms. The van der Waals surface area contributed by atoms with Crippen LogP contribution in [-0.2, 0) is 16.1 Å². The summed E-state index contributed by atoms with van der Waals surface area (Å²) in [6, 6.07) is 18.2. The number of halogens is 1. The van der Waals surface area contributed by atoms with E-state index in [1.807, 2.05) is 32.0 Å². The number of hydrogen-bond donors (Lipinski definition) is 1. The van der Waals surface area contributed by atoms with Crippen molar-refractivity contribution in [1.29, 1.82) is 0 Å². The molecule has 0 radical (unpaired) electrons. The third-order valence-electron chi connectivity index (χ3n) is 6.80. The van der Waals surface area contributed by atoms with Crippen LogP contribution in [0.2, 0.25) is 5.02 Å². The van der Waals surface area contributed by atoms with Crippen LogP contribution < -0.4 is 24.3 Å². The quantitative estimate of drug-likeness (QED) is 0.157. The molecule has 5 rings (SSSR count). The summed E-state index contributed by atoms with van der Waals surface area (Å²) < 4.78 is 21.9. The maximum atomic E-state index is 14.2. The fourth-order valence-electron chi connectivity index (χ4n) is 4.76. The van der Waals surface area contributed by atoms with E-state index in [2.05, 4.69) is 15.3 Å². The molecular formula is C32H31ClN4O6S. The molecule has 0 bridgehead atoms. The maximum absolute atomic E-state index is 14.2. The van der Waals surface area contributed by atoms with Gasteiger partial charge in [-0.1, -0.05) is 41.6 Å². The zero-order chi connectivity index (χ0) is 31.2. The topological polar surface area (TPSA) is 112 Å². The molecule has 2 amide bonds. The number of methoxy groups -OCH3 is 2. The molecule has 0 saturated carbocycles. The minimum Gasteiger partial charge on any atom is -0.493 e. The molecule has 10 nitrogen and oxygen atoms in total. The number of amides is 2. The van der Waals surface area contributed by atoms with Crippen LogP contribution in [0.25, 0.3) is 0 Å². The monoisotopic (exact) mass is 634 g/mol. The lowest BCUT2D eigenvalue weighted by molar-refractivity contribution is -0.137. The van der Waals surface area contributed by atoms with Crippen LogP contribution in [0.3, 0.4) is 0 Å². The summed E-state index contributed by atoms with van der Waals surface area (Å²) in [4.78, 5) is 38.8. The van der Waals surface area contributed by atoms with Gasteiger partial charge in [-0.15, -0.1) is 0 Å².